The summed E-state index contributed by atoms with van der Waals surface area (Å²) < 4.78 is 6.57. The summed E-state index contributed by atoms with van der Waals surface area (Å²) in [7, 11) is 0. The van der Waals surface area contributed by atoms with E-state index in [4.69, 9.17) is 27.9 Å². The molecule has 0 N–H and O–H groups in total. The normalized spacial score (nSPS) is 27.9. The Balaban J connectivity index is 2.14. The van der Waals surface area contributed by atoms with Gasteiger partial charge in [-0.1, -0.05) is 11.6 Å². The van der Waals surface area contributed by atoms with Crippen LogP contribution in [0.5, 0.6) is 0 Å². The standard InChI is InChI=1S/C10H12Cl2OS/c11-6-7-2-1-5-13-10(7)8-3-4-9(12)14-8/h3-4,7,10H,1-2,5-6H2. The topological polar surface area (TPSA) is 9.23 Å². The molecule has 4 heteroatoms. The van der Waals surface area contributed by atoms with Gasteiger partial charge in [0.05, 0.1) is 10.4 Å². The van der Waals surface area contributed by atoms with Crippen LogP contribution in [0.15, 0.2) is 12.1 Å². The minimum Gasteiger partial charge on any atom is -0.372 e. The summed E-state index contributed by atoms with van der Waals surface area (Å²) in [5.41, 5.74) is 0. The van der Waals surface area contributed by atoms with Crippen LogP contribution in [-0.4, -0.2) is 12.5 Å². The van der Waals surface area contributed by atoms with Crippen LogP contribution in [0.25, 0.3) is 0 Å². The molecule has 78 valence electrons. The summed E-state index contributed by atoms with van der Waals surface area (Å²) >= 11 is 13.4. The molecule has 1 fully saturated rings. The van der Waals surface area contributed by atoms with Gasteiger partial charge in [-0.2, -0.15) is 0 Å². The van der Waals surface area contributed by atoms with Crippen molar-refractivity contribution < 1.29 is 4.74 Å². The van der Waals surface area contributed by atoms with Crippen molar-refractivity contribution in [2.75, 3.05) is 12.5 Å². The number of hydrogen-bond donors (Lipinski definition) is 0. The minimum atomic E-state index is 0.166. The molecule has 2 rings (SSSR count). The summed E-state index contributed by atoms with van der Waals surface area (Å²) in [6, 6.07) is 3.97. The van der Waals surface area contributed by atoms with E-state index in [9.17, 15) is 0 Å². The average molecular weight is 251 g/mol. The van der Waals surface area contributed by atoms with E-state index in [1.807, 2.05) is 12.1 Å². The molecule has 2 atom stereocenters. The zero-order valence-electron chi connectivity index (χ0n) is 7.71. The summed E-state index contributed by atoms with van der Waals surface area (Å²) in [6.45, 7) is 0.841. The highest BCUT2D eigenvalue weighted by molar-refractivity contribution is 7.16. The molecule has 1 nitrogen and oxygen atoms in total. The fourth-order valence-corrected chi connectivity index (χ4v) is 3.32. The Morgan fingerprint density at radius 3 is 3.00 bits per heavy atom. The van der Waals surface area contributed by atoms with E-state index in [0.29, 0.717) is 11.8 Å². The maximum atomic E-state index is 5.92. The summed E-state index contributed by atoms with van der Waals surface area (Å²) in [5, 5.41) is 0. The van der Waals surface area contributed by atoms with Crippen LogP contribution < -0.4 is 0 Å². The summed E-state index contributed by atoms with van der Waals surface area (Å²) in [5.74, 6) is 1.11. The molecule has 2 unspecified atom stereocenters. The van der Waals surface area contributed by atoms with Crippen LogP contribution in [0.1, 0.15) is 23.8 Å². The molecule has 0 aliphatic carbocycles. The fourth-order valence-electron chi connectivity index (χ4n) is 1.80. The molecule has 1 aromatic rings. The Morgan fingerprint density at radius 1 is 1.50 bits per heavy atom. The van der Waals surface area contributed by atoms with Gasteiger partial charge >= 0.3 is 0 Å². The van der Waals surface area contributed by atoms with Gasteiger partial charge in [0.15, 0.2) is 0 Å². The number of ether oxygens (including phenoxy) is 1. The fraction of sp³-hybridized carbons (Fsp3) is 0.600. The summed E-state index contributed by atoms with van der Waals surface area (Å²) in [4.78, 5) is 1.21. The van der Waals surface area contributed by atoms with Crippen molar-refractivity contribution in [2.45, 2.75) is 18.9 Å². The highest BCUT2D eigenvalue weighted by Gasteiger charge is 2.27. The van der Waals surface area contributed by atoms with Crippen LogP contribution >= 0.6 is 34.5 Å². The van der Waals surface area contributed by atoms with E-state index >= 15 is 0 Å². The third-order valence-electron chi connectivity index (χ3n) is 2.52. The first-order valence-electron chi connectivity index (χ1n) is 4.74. The monoisotopic (exact) mass is 250 g/mol. The molecule has 0 aromatic carbocycles. The molecule has 1 aliphatic heterocycles. The molecule has 0 saturated carbocycles. The van der Waals surface area contributed by atoms with Gasteiger partial charge in [-0.05, 0) is 25.0 Å². The van der Waals surface area contributed by atoms with Crippen molar-refractivity contribution in [3.8, 4) is 0 Å². The van der Waals surface area contributed by atoms with E-state index < -0.39 is 0 Å². The van der Waals surface area contributed by atoms with Crippen molar-refractivity contribution in [2.24, 2.45) is 5.92 Å². The zero-order chi connectivity index (χ0) is 9.97. The lowest BCUT2D eigenvalue weighted by Crippen LogP contribution is -2.22. The number of hydrogen-bond acceptors (Lipinski definition) is 2. The predicted octanol–water partition coefficient (Wildman–Crippen LogP) is 4.11. The highest BCUT2D eigenvalue weighted by atomic mass is 35.5. The lowest BCUT2D eigenvalue weighted by molar-refractivity contribution is -0.0186. The largest absolute Gasteiger partial charge is 0.372 e. The summed E-state index contributed by atoms with van der Waals surface area (Å²) in [6.07, 6.45) is 2.44. The molecular weight excluding hydrogens is 239 g/mol. The number of rotatable bonds is 2. The third kappa shape index (κ3) is 2.25. The lowest BCUT2D eigenvalue weighted by Gasteiger charge is -2.29. The Labute approximate surface area is 98.0 Å². The molecular formula is C10H12Cl2OS. The molecule has 14 heavy (non-hydrogen) atoms. The molecule has 0 spiro atoms. The van der Waals surface area contributed by atoms with Gasteiger partial charge in [-0.25, -0.2) is 0 Å². The van der Waals surface area contributed by atoms with Crippen LogP contribution in [0, 0.1) is 5.92 Å². The zero-order valence-corrected chi connectivity index (χ0v) is 10.0. The molecule has 1 aliphatic rings. The SMILES string of the molecule is ClCC1CCCOC1c1ccc(Cl)s1. The molecule has 0 amide bonds. The Hall–Kier alpha value is 0.240. The van der Waals surface area contributed by atoms with Crippen molar-refractivity contribution in [1.29, 1.82) is 0 Å². The molecule has 2 heterocycles. The van der Waals surface area contributed by atoms with Gasteiger partial charge in [-0.3, -0.25) is 0 Å². The van der Waals surface area contributed by atoms with Crippen LogP contribution in [-0.2, 0) is 4.74 Å². The highest BCUT2D eigenvalue weighted by Crippen LogP contribution is 2.38. The number of halogens is 2. The maximum absolute atomic E-state index is 5.92. The van der Waals surface area contributed by atoms with Gasteiger partial charge < -0.3 is 4.74 Å². The van der Waals surface area contributed by atoms with E-state index in [1.54, 1.807) is 11.3 Å². The van der Waals surface area contributed by atoms with Gasteiger partial charge in [-0.15, -0.1) is 22.9 Å². The smallest absolute Gasteiger partial charge is 0.0956 e. The van der Waals surface area contributed by atoms with E-state index in [1.165, 1.54) is 4.88 Å². The van der Waals surface area contributed by atoms with E-state index in [-0.39, 0.29) is 6.10 Å². The lowest BCUT2D eigenvalue weighted by atomic mass is 9.95. The minimum absolute atomic E-state index is 0.166. The molecule has 0 radical (unpaired) electrons. The quantitative estimate of drug-likeness (QED) is 0.719. The van der Waals surface area contributed by atoms with Gasteiger partial charge in [0.2, 0.25) is 0 Å². The van der Waals surface area contributed by atoms with E-state index in [2.05, 4.69) is 0 Å². The number of thiophene rings is 1. The Kier molecular flexibility index (Phi) is 3.72. The Bertz CT molecular complexity index is 300. The van der Waals surface area contributed by atoms with Crippen LogP contribution in [0.3, 0.4) is 0 Å². The van der Waals surface area contributed by atoms with Gasteiger partial charge in [0.1, 0.15) is 0 Å². The molecule has 1 aromatic heterocycles. The Morgan fingerprint density at radius 2 is 2.36 bits per heavy atom. The van der Waals surface area contributed by atoms with E-state index in [0.717, 1.165) is 23.8 Å². The molecule has 1 saturated heterocycles. The van der Waals surface area contributed by atoms with Crippen molar-refractivity contribution in [3.05, 3.63) is 21.3 Å². The first kappa shape index (κ1) is 10.7. The second-order valence-electron chi connectivity index (χ2n) is 3.49. The number of alkyl halides is 1. The van der Waals surface area contributed by atoms with Gasteiger partial charge in [0.25, 0.3) is 0 Å². The maximum Gasteiger partial charge on any atom is 0.0956 e. The second kappa shape index (κ2) is 4.84. The van der Waals surface area contributed by atoms with Crippen molar-refractivity contribution in [3.63, 3.8) is 0 Å². The average Bonchev–Trinajstić information content (AvgIpc) is 2.65. The second-order valence-corrected chi connectivity index (χ2v) is 5.55. The first-order chi connectivity index (χ1) is 6.81. The van der Waals surface area contributed by atoms with Crippen molar-refractivity contribution in [1.82, 2.24) is 0 Å². The van der Waals surface area contributed by atoms with Crippen molar-refractivity contribution >= 4 is 34.5 Å². The van der Waals surface area contributed by atoms with Gasteiger partial charge in [0, 0.05) is 23.3 Å². The molecule has 0 bridgehead atoms. The predicted molar refractivity (Wildman–Crippen MR) is 61.5 cm³/mol. The van der Waals surface area contributed by atoms with Crippen LogP contribution in [0.4, 0.5) is 0 Å². The first-order valence-corrected chi connectivity index (χ1v) is 6.47. The third-order valence-corrected chi connectivity index (χ3v) is 4.21. The van der Waals surface area contributed by atoms with Crippen LogP contribution in [0.2, 0.25) is 4.34 Å².